The van der Waals surface area contributed by atoms with E-state index in [4.69, 9.17) is 5.73 Å². The lowest BCUT2D eigenvalue weighted by molar-refractivity contribution is -0.119. The van der Waals surface area contributed by atoms with E-state index in [-0.39, 0.29) is 12.5 Å². The maximum atomic E-state index is 14.6. The summed E-state index contributed by atoms with van der Waals surface area (Å²) >= 11 is 1.53. The van der Waals surface area contributed by atoms with Gasteiger partial charge >= 0.3 is 0 Å². The molecule has 5 nitrogen and oxygen atoms in total. The summed E-state index contributed by atoms with van der Waals surface area (Å²) in [5.41, 5.74) is 9.01. The van der Waals surface area contributed by atoms with Crippen molar-refractivity contribution >= 4 is 38.9 Å². The van der Waals surface area contributed by atoms with Crippen LogP contribution in [0.5, 0.6) is 0 Å². The fourth-order valence-corrected chi connectivity index (χ4v) is 4.56. The molecule has 30 heavy (non-hydrogen) atoms. The van der Waals surface area contributed by atoms with E-state index in [0.29, 0.717) is 22.5 Å². The van der Waals surface area contributed by atoms with Gasteiger partial charge in [0.15, 0.2) is 6.17 Å². The second-order valence-corrected chi connectivity index (χ2v) is 8.03. The van der Waals surface area contributed by atoms with Gasteiger partial charge in [0.1, 0.15) is 10.8 Å². The Bertz CT molecular complexity index is 1270. The molecule has 0 aliphatic carbocycles. The number of para-hydroxylation sites is 2. The highest BCUT2D eigenvalue weighted by atomic mass is 32.1. The first-order valence-electron chi connectivity index (χ1n) is 9.45. The summed E-state index contributed by atoms with van der Waals surface area (Å²) in [5, 5.41) is 0.792. The van der Waals surface area contributed by atoms with Gasteiger partial charge in [0.25, 0.3) is 5.91 Å². The molecule has 5 rings (SSSR count). The molecular formula is C23H17FN4OS. The van der Waals surface area contributed by atoms with E-state index in [9.17, 15) is 9.18 Å². The first kappa shape index (κ1) is 18.6. The lowest BCUT2D eigenvalue weighted by atomic mass is 10.00. The van der Waals surface area contributed by atoms with Crippen LogP contribution in [0.25, 0.3) is 10.2 Å². The van der Waals surface area contributed by atoms with Crippen molar-refractivity contribution in [3.05, 3.63) is 94.7 Å². The summed E-state index contributed by atoms with van der Waals surface area (Å²) in [5.74, 6) is -0.765. The zero-order valence-corrected chi connectivity index (χ0v) is 16.6. The molecule has 1 atom stereocenters. The van der Waals surface area contributed by atoms with Crippen LogP contribution in [-0.2, 0) is 11.3 Å². The summed E-state index contributed by atoms with van der Waals surface area (Å²) in [6, 6.07) is 21.5. The third kappa shape index (κ3) is 3.18. The number of benzodiazepines with no additional fused rings is 1. The van der Waals surface area contributed by atoms with Crippen LogP contribution in [0.15, 0.2) is 77.8 Å². The molecule has 7 heteroatoms. The van der Waals surface area contributed by atoms with Gasteiger partial charge in [0.05, 0.1) is 28.2 Å². The minimum atomic E-state index is -1.14. The molecule has 148 valence electrons. The predicted molar refractivity (Wildman–Crippen MR) is 117 cm³/mol. The van der Waals surface area contributed by atoms with Gasteiger partial charge in [-0.25, -0.2) is 9.37 Å². The molecule has 0 radical (unpaired) electrons. The normalized spacial score (nSPS) is 16.3. The molecule has 0 bridgehead atoms. The number of carbonyl (C=O) groups is 1. The summed E-state index contributed by atoms with van der Waals surface area (Å²) in [6.07, 6.45) is -1.14. The Morgan fingerprint density at radius 1 is 0.967 bits per heavy atom. The Balaban J connectivity index is 1.62. The number of nitrogens with zero attached hydrogens (tertiary/aromatic N) is 3. The molecule has 1 amide bonds. The highest BCUT2D eigenvalue weighted by Crippen LogP contribution is 2.31. The van der Waals surface area contributed by atoms with Crippen LogP contribution in [0.1, 0.15) is 16.1 Å². The number of carbonyl (C=O) groups excluding carboxylic acids is 1. The number of anilines is 1. The molecule has 1 aliphatic heterocycles. The van der Waals surface area contributed by atoms with E-state index in [1.807, 2.05) is 48.5 Å². The predicted octanol–water partition coefficient (Wildman–Crippen LogP) is 4.10. The topological polar surface area (TPSA) is 71.6 Å². The number of aromatic nitrogens is 1. The highest BCUT2D eigenvalue weighted by molar-refractivity contribution is 7.18. The Kier molecular flexibility index (Phi) is 4.61. The van der Waals surface area contributed by atoms with Gasteiger partial charge in [-0.2, -0.15) is 0 Å². The van der Waals surface area contributed by atoms with Gasteiger partial charge in [0.2, 0.25) is 0 Å². The van der Waals surface area contributed by atoms with Crippen LogP contribution in [0.4, 0.5) is 10.1 Å². The minimum absolute atomic E-state index is 0.267. The molecule has 0 saturated carbocycles. The number of amides is 1. The number of benzene rings is 3. The lowest BCUT2D eigenvalue weighted by Crippen LogP contribution is -2.41. The Morgan fingerprint density at radius 3 is 2.47 bits per heavy atom. The molecule has 0 saturated heterocycles. The molecule has 2 heterocycles. The van der Waals surface area contributed by atoms with Crippen LogP contribution < -0.4 is 10.6 Å². The molecule has 0 unspecified atom stereocenters. The van der Waals surface area contributed by atoms with Gasteiger partial charge in [-0.15, -0.1) is 11.3 Å². The quantitative estimate of drug-likeness (QED) is 0.546. The molecule has 1 aromatic heterocycles. The fraction of sp³-hybridized carbons (Fsp3) is 0.0870. The number of rotatable bonds is 3. The highest BCUT2D eigenvalue weighted by Gasteiger charge is 2.31. The molecular weight excluding hydrogens is 399 g/mol. The second kappa shape index (κ2) is 7.44. The van der Waals surface area contributed by atoms with Crippen molar-refractivity contribution in [2.75, 3.05) is 4.90 Å². The maximum absolute atomic E-state index is 14.6. The average molecular weight is 416 g/mol. The molecule has 2 N–H and O–H groups in total. The Hall–Kier alpha value is -3.42. The fourth-order valence-electron chi connectivity index (χ4n) is 3.61. The zero-order chi connectivity index (χ0) is 20.7. The molecule has 3 aromatic carbocycles. The Labute approximate surface area is 176 Å². The zero-order valence-electron chi connectivity index (χ0n) is 15.8. The first-order chi connectivity index (χ1) is 14.6. The summed E-state index contributed by atoms with van der Waals surface area (Å²) in [6.45, 7) is 0.267. The average Bonchev–Trinajstić information content (AvgIpc) is 3.14. The van der Waals surface area contributed by atoms with Gasteiger partial charge in [-0.1, -0.05) is 42.5 Å². The second-order valence-electron chi connectivity index (χ2n) is 6.92. The number of halogens is 1. The summed E-state index contributed by atoms with van der Waals surface area (Å²) < 4.78 is 15.6. The molecule has 0 fully saturated rings. The van der Waals surface area contributed by atoms with E-state index >= 15 is 0 Å². The summed E-state index contributed by atoms with van der Waals surface area (Å²) in [4.78, 5) is 23.8. The van der Waals surface area contributed by atoms with Gasteiger partial charge < -0.3 is 10.6 Å². The van der Waals surface area contributed by atoms with E-state index in [1.54, 1.807) is 23.1 Å². The van der Waals surface area contributed by atoms with Crippen molar-refractivity contribution in [3.8, 4) is 0 Å². The van der Waals surface area contributed by atoms with Crippen LogP contribution in [0.3, 0.4) is 0 Å². The number of thiazole rings is 1. The smallest absolute Gasteiger partial charge is 0.266 e. The van der Waals surface area contributed by atoms with Crippen molar-refractivity contribution in [2.24, 2.45) is 10.7 Å². The van der Waals surface area contributed by atoms with E-state index in [0.717, 1.165) is 15.2 Å². The number of fused-ring (bicyclic) bond motifs is 2. The monoisotopic (exact) mass is 416 g/mol. The number of hydrogen-bond acceptors (Lipinski definition) is 5. The van der Waals surface area contributed by atoms with Gasteiger partial charge in [0, 0.05) is 11.1 Å². The standard InChI is InChI=1S/C23H17FN4OS/c24-16-9-3-1-7-14(16)21-15-8-2-5-11-18(15)28(23(29)22(25)27-21)13-20-26-17-10-4-6-12-19(17)30-20/h1-12,22H,13,25H2/t22-/m0/s1. The lowest BCUT2D eigenvalue weighted by Gasteiger charge is -2.23. The largest absolute Gasteiger partial charge is 0.302 e. The molecule has 4 aromatic rings. The van der Waals surface area contributed by atoms with Crippen molar-refractivity contribution < 1.29 is 9.18 Å². The first-order valence-corrected chi connectivity index (χ1v) is 10.3. The van der Waals surface area contributed by atoms with Crippen LogP contribution in [0.2, 0.25) is 0 Å². The van der Waals surface area contributed by atoms with Crippen molar-refractivity contribution in [1.82, 2.24) is 4.98 Å². The third-order valence-electron chi connectivity index (χ3n) is 5.00. The third-order valence-corrected chi connectivity index (χ3v) is 6.02. The number of hydrogen-bond donors (Lipinski definition) is 1. The van der Waals surface area contributed by atoms with Crippen LogP contribution >= 0.6 is 11.3 Å². The summed E-state index contributed by atoms with van der Waals surface area (Å²) in [7, 11) is 0. The van der Waals surface area contributed by atoms with Crippen LogP contribution in [-0.4, -0.2) is 22.8 Å². The SMILES string of the molecule is N[C@H]1N=C(c2ccccc2F)c2ccccc2N(Cc2nc3ccccc3s2)C1=O. The van der Waals surface area contributed by atoms with E-state index in [1.165, 1.54) is 17.4 Å². The Morgan fingerprint density at radius 2 is 1.67 bits per heavy atom. The van der Waals surface area contributed by atoms with Gasteiger partial charge in [-0.05, 0) is 30.3 Å². The van der Waals surface area contributed by atoms with E-state index in [2.05, 4.69) is 9.98 Å². The number of nitrogens with two attached hydrogens (primary N) is 1. The van der Waals surface area contributed by atoms with E-state index < -0.39 is 12.0 Å². The van der Waals surface area contributed by atoms with Gasteiger partial charge in [-0.3, -0.25) is 9.79 Å². The van der Waals surface area contributed by atoms with Crippen molar-refractivity contribution in [2.45, 2.75) is 12.7 Å². The van der Waals surface area contributed by atoms with Crippen molar-refractivity contribution in [1.29, 1.82) is 0 Å². The molecule has 1 aliphatic rings. The molecule has 0 spiro atoms. The van der Waals surface area contributed by atoms with Crippen LogP contribution in [0, 0.1) is 5.82 Å². The minimum Gasteiger partial charge on any atom is -0.302 e. The van der Waals surface area contributed by atoms with Crippen molar-refractivity contribution in [3.63, 3.8) is 0 Å². The maximum Gasteiger partial charge on any atom is 0.266 e. The number of aliphatic imine (C=N–C) groups is 1.